The van der Waals surface area contributed by atoms with Crippen molar-refractivity contribution in [3.63, 3.8) is 0 Å². The molecule has 13 heavy (non-hydrogen) atoms. The number of halogens is 1. The fraction of sp³-hybridized carbons (Fsp3) is 0.444. The van der Waals surface area contributed by atoms with Crippen molar-refractivity contribution in [2.45, 2.75) is 19.5 Å². The second-order valence-corrected chi connectivity index (χ2v) is 3.50. The molecule has 0 amide bonds. The van der Waals surface area contributed by atoms with Gasteiger partial charge in [-0.15, -0.1) is 0 Å². The van der Waals surface area contributed by atoms with Crippen LogP contribution in [0.25, 0.3) is 0 Å². The number of hydrogen-bond acceptors (Lipinski definition) is 2. The first-order chi connectivity index (χ1) is 6.13. The van der Waals surface area contributed by atoms with E-state index in [1.54, 1.807) is 6.20 Å². The number of rotatable bonds is 3. The molecule has 1 rings (SSSR count). The third kappa shape index (κ3) is 2.76. The van der Waals surface area contributed by atoms with E-state index in [0.29, 0.717) is 11.6 Å². The minimum absolute atomic E-state index is 0.0814. The number of nitrogens with one attached hydrogen (secondary N) is 1. The summed E-state index contributed by atoms with van der Waals surface area (Å²) < 4.78 is 0. The lowest BCUT2D eigenvalue weighted by atomic mass is 10.3. The van der Waals surface area contributed by atoms with E-state index in [1.165, 1.54) is 0 Å². The summed E-state index contributed by atoms with van der Waals surface area (Å²) in [6.45, 7) is 2.58. The molecule has 0 aromatic carbocycles. The van der Waals surface area contributed by atoms with E-state index in [4.69, 9.17) is 16.9 Å². The predicted octanol–water partition coefficient (Wildman–Crippen LogP) is 2.01. The highest BCUT2D eigenvalue weighted by molar-refractivity contribution is 6.30. The number of aromatic amines is 1. The monoisotopic (exact) mass is 197 g/mol. The van der Waals surface area contributed by atoms with Crippen LogP contribution in [0.5, 0.6) is 0 Å². The molecule has 0 fully saturated rings. The van der Waals surface area contributed by atoms with Crippen LogP contribution in [0.3, 0.4) is 0 Å². The number of nitriles is 1. The number of aromatic nitrogens is 1. The molecule has 0 aliphatic rings. The van der Waals surface area contributed by atoms with Gasteiger partial charge in [0.25, 0.3) is 0 Å². The summed E-state index contributed by atoms with van der Waals surface area (Å²) in [6.07, 6.45) is 1.74. The molecule has 0 bridgehead atoms. The van der Waals surface area contributed by atoms with E-state index in [1.807, 2.05) is 24.9 Å². The molecule has 3 nitrogen and oxygen atoms in total. The molecular weight excluding hydrogens is 186 g/mol. The maximum absolute atomic E-state index is 8.66. The lowest BCUT2D eigenvalue weighted by Crippen LogP contribution is -2.27. The van der Waals surface area contributed by atoms with E-state index in [0.717, 1.165) is 5.69 Å². The van der Waals surface area contributed by atoms with Crippen LogP contribution < -0.4 is 0 Å². The first kappa shape index (κ1) is 10.1. The van der Waals surface area contributed by atoms with Gasteiger partial charge in [-0.2, -0.15) is 5.26 Å². The van der Waals surface area contributed by atoms with Gasteiger partial charge in [-0.1, -0.05) is 11.6 Å². The van der Waals surface area contributed by atoms with E-state index in [2.05, 4.69) is 11.1 Å². The Balaban J connectivity index is 2.55. The molecule has 0 spiro atoms. The largest absolute Gasteiger partial charge is 0.363 e. The zero-order chi connectivity index (χ0) is 9.84. The smallest absolute Gasteiger partial charge is 0.0950 e. The minimum Gasteiger partial charge on any atom is -0.363 e. The van der Waals surface area contributed by atoms with E-state index >= 15 is 0 Å². The second kappa shape index (κ2) is 4.31. The Labute approximate surface area is 82.9 Å². The predicted molar refractivity (Wildman–Crippen MR) is 52.3 cm³/mol. The van der Waals surface area contributed by atoms with Gasteiger partial charge in [-0.05, 0) is 20.0 Å². The molecule has 1 heterocycles. The van der Waals surface area contributed by atoms with Crippen LogP contribution in [0.2, 0.25) is 5.02 Å². The lowest BCUT2D eigenvalue weighted by Gasteiger charge is -2.17. The summed E-state index contributed by atoms with van der Waals surface area (Å²) in [7, 11) is 1.91. The summed E-state index contributed by atoms with van der Waals surface area (Å²) in [5.74, 6) is 0. The van der Waals surface area contributed by atoms with Crippen LogP contribution in [-0.4, -0.2) is 23.0 Å². The molecule has 0 saturated carbocycles. The maximum atomic E-state index is 8.66. The van der Waals surface area contributed by atoms with Gasteiger partial charge in [0.05, 0.1) is 17.1 Å². The molecule has 0 aliphatic heterocycles. The van der Waals surface area contributed by atoms with Crippen LogP contribution in [0.15, 0.2) is 12.3 Å². The summed E-state index contributed by atoms with van der Waals surface area (Å²) in [5, 5.41) is 9.36. The molecule has 4 heteroatoms. The van der Waals surface area contributed by atoms with Gasteiger partial charge in [0.2, 0.25) is 0 Å². The Bertz CT molecular complexity index is 313. The molecule has 70 valence electrons. The van der Waals surface area contributed by atoms with Crippen LogP contribution in [0.1, 0.15) is 12.6 Å². The van der Waals surface area contributed by atoms with Crippen molar-refractivity contribution in [2.24, 2.45) is 0 Å². The zero-order valence-corrected chi connectivity index (χ0v) is 8.47. The van der Waals surface area contributed by atoms with Crippen LogP contribution in [0, 0.1) is 11.3 Å². The first-order valence-electron chi connectivity index (χ1n) is 4.06. The summed E-state index contributed by atoms with van der Waals surface area (Å²) in [6, 6.07) is 3.95. The maximum Gasteiger partial charge on any atom is 0.0950 e. The normalized spacial score (nSPS) is 12.8. The number of H-pyrrole nitrogens is 1. The highest BCUT2D eigenvalue weighted by atomic mass is 35.5. The average molecular weight is 198 g/mol. The summed E-state index contributed by atoms with van der Waals surface area (Å²) in [4.78, 5) is 4.98. The van der Waals surface area contributed by atoms with Crippen molar-refractivity contribution in [2.75, 3.05) is 7.05 Å². The fourth-order valence-electron chi connectivity index (χ4n) is 1.01. The van der Waals surface area contributed by atoms with Crippen LogP contribution >= 0.6 is 11.6 Å². The third-order valence-electron chi connectivity index (χ3n) is 1.98. The highest BCUT2D eigenvalue weighted by Gasteiger charge is 2.08. The minimum atomic E-state index is -0.0814. The third-order valence-corrected chi connectivity index (χ3v) is 2.19. The molecule has 1 N–H and O–H groups in total. The van der Waals surface area contributed by atoms with Crippen molar-refractivity contribution < 1.29 is 0 Å². The SMILES string of the molecule is CC(C#N)N(C)Cc1cc(Cl)c[nH]1. The molecule has 0 radical (unpaired) electrons. The van der Waals surface area contributed by atoms with Crippen molar-refractivity contribution in [1.82, 2.24) is 9.88 Å². The second-order valence-electron chi connectivity index (χ2n) is 3.06. The van der Waals surface area contributed by atoms with E-state index < -0.39 is 0 Å². The number of hydrogen-bond donors (Lipinski definition) is 1. The Morgan fingerprint density at radius 3 is 2.92 bits per heavy atom. The summed E-state index contributed by atoms with van der Waals surface area (Å²) >= 11 is 5.74. The van der Waals surface area contributed by atoms with Gasteiger partial charge in [0.15, 0.2) is 0 Å². The van der Waals surface area contributed by atoms with Gasteiger partial charge in [-0.3, -0.25) is 4.90 Å². The fourth-order valence-corrected chi connectivity index (χ4v) is 1.19. The quantitative estimate of drug-likeness (QED) is 0.806. The van der Waals surface area contributed by atoms with Crippen molar-refractivity contribution >= 4 is 11.6 Å². The molecule has 1 atom stereocenters. The van der Waals surface area contributed by atoms with Gasteiger partial charge in [0, 0.05) is 18.4 Å². The highest BCUT2D eigenvalue weighted by Crippen LogP contribution is 2.11. The molecule has 0 saturated heterocycles. The standard InChI is InChI=1S/C9H12ClN3/c1-7(4-11)13(2)6-9-3-8(10)5-12-9/h3,5,7,12H,6H2,1-2H3. The van der Waals surface area contributed by atoms with Crippen LogP contribution in [0.4, 0.5) is 0 Å². The summed E-state index contributed by atoms with van der Waals surface area (Å²) in [5.41, 5.74) is 1.02. The molecule has 0 aliphatic carbocycles. The Kier molecular flexibility index (Phi) is 3.35. The Morgan fingerprint density at radius 2 is 2.46 bits per heavy atom. The van der Waals surface area contributed by atoms with Crippen molar-refractivity contribution in [1.29, 1.82) is 5.26 Å². The van der Waals surface area contributed by atoms with Gasteiger partial charge in [0.1, 0.15) is 0 Å². The van der Waals surface area contributed by atoms with Gasteiger partial charge in [-0.25, -0.2) is 0 Å². The molecular formula is C9H12ClN3. The lowest BCUT2D eigenvalue weighted by molar-refractivity contribution is 0.291. The molecule has 1 aromatic rings. The Hall–Kier alpha value is -0.980. The van der Waals surface area contributed by atoms with Crippen LogP contribution in [-0.2, 0) is 6.54 Å². The topological polar surface area (TPSA) is 42.8 Å². The van der Waals surface area contributed by atoms with E-state index in [-0.39, 0.29) is 6.04 Å². The Morgan fingerprint density at radius 1 is 1.77 bits per heavy atom. The first-order valence-corrected chi connectivity index (χ1v) is 4.44. The average Bonchev–Trinajstić information content (AvgIpc) is 2.49. The van der Waals surface area contributed by atoms with Gasteiger partial charge >= 0.3 is 0 Å². The van der Waals surface area contributed by atoms with Crippen molar-refractivity contribution in [3.05, 3.63) is 23.0 Å². The van der Waals surface area contributed by atoms with Crippen molar-refractivity contribution in [3.8, 4) is 6.07 Å². The molecule has 1 aromatic heterocycles. The molecule has 1 unspecified atom stereocenters. The van der Waals surface area contributed by atoms with Gasteiger partial charge < -0.3 is 4.98 Å². The number of nitrogens with zero attached hydrogens (tertiary/aromatic N) is 2. The zero-order valence-electron chi connectivity index (χ0n) is 7.71. The van der Waals surface area contributed by atoms with E-state index in [9.17, 15) is 0 Å².